The standard InChI is InChI=1S/C27H23N3O4/c31-20-11-7-17(8-12-20)4-3-13-34-27(33)29-19-10-9-18-14-22(26(32)30-25(18)15-19)23-16-28-24-6-2-1-5-21(23)24/h1-2,5-12,14-16,28,31H,3-4,13H2,(H,29,33)(H,30,32). The van der Waals surface area contributed by atoms with Crippen molar-refractivity contribution in [3.63, 3.8) is 0 Å². The molecule has 0 bridgehead atoms. The Hall–Kier alpha value is -4.52. The van der Waals surface area contributed by atoms with Crippen molar-refractivity contribution < 1.29 is 14.6 Å². The minimum Gasteiger partial charge on any atom is -0.508 e. The van der Waals surface area contributed by atoms with Crippen molar-refractivity contribution in [1.82, 2.24) is 9.97 Å². The third-order valence-electron chi connectivity index (χ3n) is 5.75. The number of aryl methyl sites for hydroxylation is 1. The summed E-state index contributed by atoms with van der Waals surface area (Å²) in [4.78, 5) is 31.1. The summed E-state index contributed by atoms with van der Waals surface area (Å²) in [6.07, 6.45) is 2.70. The van der Waals surface area contributed by atoms with Gasteiger partial charge in [-0.2, -0.15) is 0 Å². The molecule has 7 nitrogen and oxygen atoms in total. The molecular weight excluding hydrogens is 430 g/mol. The number of pyridine rings is 1. The van der Waals surface area contributed by atoms with E-state index in [4.69, 9.17) is 4.74 Å². The third-order valence-corrected chi connectivity index (χ3v) is 5.75. The van der Waals surface area contributed by atoms with Crippen LogP contribution in [0.2, 0.25) is 0 Å². The SMILES string of the molecule is O=C(Nc1ccc2cc(-c3c[nH]c4ccccc34)c(=O)[nH]c2c1)OCCCc1ccc(O)cc1. The number of hydrogen-bond donors (Lipinski definition) is 4. The third kappa shape index (κ3) is 4.49. The number of phenolic OH excluding ortho intramolecular Hbond substituents is 1. The summed E-state index contributed by atoms with van der Waals surface area (Å²) in [6.45, 7) is 0.269. The molecule has 0 fully saturated rings. The number of hydrogen-bond acceptors (Lipinski definition) is 4. The predicted molar refractivity (Wildman–Crippen MR) is 133 cm³/mol. The van der Waals surface area contributed by atoms with Crippen LogP contribution in [0.1, 0.15) is 12.0 Å². The fourth-order valence-electron chi connectivity index (χ4n) is 4.03. The van der Waals surface area contributed by atoms with E-state index in [0.717, 1.165) is 33.8 Å². The second-order valence-electron chi connectivity index (χ2n) is 8.09. The van der Waals surface area contributed by atoms with Gasteiger partial charge in [0.2, 0.25) is 0 Å². The molecule has 0 aliphatic heterocycles. The number of benzene rings is 3. The molecule has 3 aromatic carbocycles. The highest BCUT2D eigenvalue weighted by molar-refractivity contribution is 5.98. The average Bonchev–Trinajstić information content (AvgIpc) is 3.26. The average molecular weight is 453 g/mol. The topological polar surface area (TPSA) is 107 Å². The first-order valence-corrected chi connectivity index (χ1v) is 11.0. The van der Waals surface area contributed by atoms with Crippen LogP contribution < -0.4 is 10.9 Å². The van der Waals surface area contributed by atoms with Gasteiger partial charge >= 0.3 is 6.09 Å². The van der Waals surface area contributed by atoms with Crippen molar-refractivity contribution in [2.75, 3.05) is 11.9 Å². The van der Waals surface area contributed by atoms with E-state index in [1.807, 2.05) is 54.7 Å². The Morgan fingerprint density at radius 1 is 0.941 bits per heavy atom. The van der Waals surface area contributed by atoms with E-state index < -0.39 is 6.09 Å². The molecule has 1 amide bonds. The summed E-state index contributed by atoms with van der Waals surface area (Å²) in [6, 6.07) is 22.0. The zero-order valence-corrected chi connectivity index (χ0v) is 18.3. The normalized spacial score (nSPS) is 11.1. The first-order valence-electron chi connectivity index (χ1n) is 11.0. The number of fused-ring (bicyclic) bond motifs is 2. The summed E-state index contributed by atoms with van der Waals surface area (Å²) in [5, 5.41) is 13.9. The lowest BCUT2D eigenvalue weighted by molar-refractivity contribution is 0.160. The van der Waals surface area contributed by atoms with Crippen LogP contribution >= 0.6 is 0 Å². The van der Waals surface area contributed by atoms with Crippen LogP contribution in [0.25, 0.3) is 32.9 Å². The van der Waals surface area contributed by atoms with Crippen LogP contribution in [0, 0.1) is 0 Å². The Morgan fingerprint density at radius 3 is 2.62 bits per heavy atom. The van der Waals surface area contributed by atoms with Gasteiger partial charge in [0.25, 0.3) is 5.56 Å². The van der Waals surface area contributed by atoms with E-state index in [-0.39, 0.29) is 17.9 Å². The minimum absolute atomic E-state index is 0.203. The highest BCUT2D eigenvalue weighted by Gasteiger charge is 2.12. The quantitative estimate of drug-likeness (QED) is 0.252. The maximum atomic E-state index is 12.8. The number of H-pyrrole nitrogens is 2. The van der Waals surface area contributed by atoms with Gasteiger partial charge in [-0.15, -0.1) is 0 Å². The highest BCUT2D eigenvalue weighted by atomic mass is 16.5. The van der Waals surface area contributed by atoms with Crippen molar-refractivity contribution in [1.29, 1.82) is 0 Å². The summed E-state index contributed by atoms with van der Waals surface area (Å²) in [7, 11) is 0. The Bertz CT molecular complexity index is 1530. The van der Waals surface area contributed by atoms with E-state index in [1.54, 1.807) is 24.3 Å². The molecule has 0 aliphatic carbocycles. The van der Waals surface area contributed by atoms with Crippen LogP contribution in [0.5, 0.6) is 5.75 Å². The molecule has 34 heavy (non-hydrogen) atoms. The molecule has 170 valence electrons. The molecular formula is C27H23N3O4. The van der Waals surface area contributed by atoms with Crippen molar-refractivity contribution >= 4 is 33.6 Å². The monoisotopic (exact) mass is 453 g/mol. The zero-order valence-electron chi connectivity index (χ0n) is 18.3. The van der Waals surface area contributed by atoms with Crippen molar-refractivity contribution in [2.24, 2.45) is 0 Å². The molecule has 0 spiro atoms. The summed E-state index contributed by atoms with van der Waals surface area (Å²) < 4.78 is 5.26. The molecule has 7 heteroatoms. The Kier molecular flexibility index (Phi) is 5.74. The smallest absolute Gasteiger partial charge is 0.411 e. The maximum Gasteiger partial charge on any atom is 0.411 e. The van der Waals surface area contributed by atoms with Crippen molar-refractivity contribution in [3.05, 3.63) is 94.9 Å². The van der Waals surface area contributed by atoms with E-state index in [1.165, 1.54) is 0 Å². The first-order chi connectivity index (χ1) is 16.6. The minimum atomic E-state index is -0.553. The number of aromatic amines is 2. The lowest BCUT2D eigenvalue weighted by Crippen LogP contribution is -2.15. The number of rotatable bonds is 6. The fourth-order valence-corrected chi connectivity index (χ4v) is 4.03. The zero-order chi connectivity index (χ0) is 23.5. The van der Waals surface area contributed by atoms with Gasteiger partial charge < -0.3 is 19.8 Å². The summed E-state index contributed by atoms with van der Waals surface area (Å²) in [5.41, 5.74) is 4.41. The maximum absolute atomic E-state index is 12.8. The lowest BCUT2D eigenvalue weighted by atomic mass is 10.0. The number of carbonyl (C=O) groups is 1. The predicted octanol–water partition coefficient (Wildman–Crippen LogP) is 5.56. The second kappa shape index (κ2) is 9.15. The molecule has 5 aromatic rings. The van der Waals surface area contributed by atoms with Gasteiger partial charge in [-0.05, 0) is 60.2 Å². The van der Waals surface area contributed by atoms with Crippen LogP contribution in [-0.4, -0.2) is 27.8 Å². The van der Waals surface area contributed by atoms with Gasteiger partial charge in [-0.25, -0.2) is 4.79 Å². The summed E-state index contributed by atoms with van der Waals surface area (Å²) in [5.74, 6) is 0.227. The van der Waals surface area contributed by atoms with Crippen LogP contribution in [0.4, 0.5) is 10.5 Å². The molecule has 0 unspecified atom stereocenters. The number of aromatic nitrogens is 2. The number of nitrogens with one attached hydrogen (secondary N) is 3. The second-order valence-corrected chi connectivity index (χ2v) is 8.09. The summed E-state index contributed by atoms with van der Waals surface area (Å²) >= 11 is 0. The lowest BCUT2D eigenvalue weighted by Gasteiger charge is -2.09. The van der Waals surface area contributed by atoms with Crippen molar-refractivity contribution in [3.8, 4) is 16.9 Å². The molecule has 0 radical (unpaired) electrons. The van der Waals surface area contributed by atoms with E-state index >= 15 is 0 Å². The number of para-hydroxylation sites is 1. The largest absolute Gasteiger partial charge is 0.508 e. The molecule has 5 rings (SSSR count). The van der Waals surface area contributed by atoms with Crippen molar-refractivity contribution in [2.45, 2.75) is 12.8 Å². The molecule has 2 aromatic heterocycles. The van der Waals surface area contributed by atoms with Crippen LogP contribution in [-0.2, 0) is 11.2 Å². The molecule has 2 heterocycles. The highest BCUT2D eigenvalue weighted by Crippen LogP contribution is 2.28. The first kappa shape index (κ1) is 21.3. The van der Waals surface area contributed by atoms with E-state index in [9.17, 15) is 14.7 Å². The molecule has 0 aliphatic rings. The number of anilines is 1. The van der Waals surface area contributed by atoms with Gasteiger partial charge in [-0.3, -0.25) is 10.1 Å². The van der Waals surface area contributed by atoms with Gasteiger partial charge in [0.1, 0.15) is 5.75 Å². The number of aromatic hydroxyl groups is 1. The molecule has 0 atom stereocenters. The number of phenols is 1. The molecule has 0 saturated carbocycles. The number of carbonyl (C=O) groups excluding carboxylic acids is 1. The molecule has 4 N–H and O–H groups in total. The fraction of sp³-hybridized carbons (Fsp3) is 0.111. The van der Waals surface area contributed by atoms with Crippen LogP contribution in [0.3, 0.4) is 0 Å². The Balaban J connectivity index is 1.25. The van der Waals surface area contributed by atoms with Gasteiger partial charge in [0, 0.05) is 33.9 Å². The van der Waals surface area contributed by atoms with E-state index in [2.05, 4.69) is 15.3 Å². The number of ether oxygens (including phenoxy) is 1. The van der Waals surface area contributed by atoms with Crippen LogP contribution in [0.15, 0.2) is 83.8 Å². The van der Waals surface area contributed by atoms with Gasteiger partial charge in [0.15, 0.2) is 0 Å². The Morgan fingerprint density at radius 2 is 1.76 bits per heavy atom. The van der Waals surface area contributed by atoms with E-state index in [0.29, 0.717) is 23.2 Å². The van der Waals surface area contributed by atoms with Gasteiger partial charge in [0.05, 0.1) is 12.1 Å². The van der Waals surface area contributed by atoms with Gasteiger partial charge in [-0.1, -0.05) is 36.4 Å². The Labute approximate surface area is 195 Å². The molecule has 0 saturated heterocycles. The number of amides is 1.